The van der Waals surface area contributed by atoms with Gasteiger partial charge in [0.15, 0.2) is 0 Å². The lowest BCUT2D eigenvalue weighted by Gasteiger charge is -2.34. The highest BCUT2D eigenvalue weighted by atomic mass is 16.2. The Bertz CT molecular complexity index is 1200. The number of amides is 1. The largest absolute Gasteiger partial charge is 0.348 e. The molecule has 1 atom stereocenters. The number of rotatable bonds is 3. The minimum Gasteiger partial charge on any atom is -0.348 e. The minimum absolute atomic E-state index is 0.0401. The molecule has 0 unspecified atom stereocenters. The molecule has 0 saturated carbocycles. The van der Waals surface area contributed by atoms with E-state index in [1.165, 1.54) is 0 Å². The lowest BCUT2D eigenvalue weighted by Crippen LogP contribution is -2.37. The molecule has 4 aromatic heterocycles. The quantitative estimate of drug-likeness (QED) is 0.552. The molecule has 2 aliphatic heterocycles. The van der Waals surface area contributed by atoms with E-state index in [2.05, 4.69) is 30.9 Å². The number of fused-ring (bicyclic) bond motifs is 2. The van der Waals surface area contributed by atoms with E-state index in [-0.39, 0.29) is 11.9 Å². The number of anilines is 1. The number of nitrogens with one attached hydrogen (secondary N) is 1. The first kappa shape index (κ1) is 18.1. The lowest BCUT2D eigenvalue weighted by molar-refractivity contribution is 0.0786. The van der Waals surface area contributed by atoms with Gasteiger partial charge in [-0.05, 0) is 31.0 Å². The Balaban J connectivity index is 1.37. The fourth-order valence-corrected chi connectivity index (χ4v) is 4.58. The molecule has 9 nitrogen and oxygen atoms in total. The molecule has 1 saturated heterocycles. The van der Waals surface area contributed by atoms with Gasteiger partial charge in [-0.1, -0.05) is 6.07 Å². The highest BCUT2D eigenvalue weighted by Crippen LogP contribution is 2.35. The van der Waals surface area contributed by atoms with Crippen LogP contribution in [0, 0.1) is 0 Å². The van der Waals surface area contributed by atoms with Crippen LogP contribution in [0.1, 0.15) is 46.5 Å². The van der Waals surface area contributed by atoms with E-state index in [4.69, 9.17) is 5.10 Å². The van der Waals surface area contributed by atoms with Crippen molar-refractivity contribution >= 4 is 17.2 Å². The number of aromatic nitrogens is 6. The minimum atomic E-state index is -0.177. The number of nitrogens with zero attached hydrogens (tertiary/aromatic N) is 7. The Morgan fingerprint density at radius 1 is 1.06 bits per heavy atom. The number of hydrogen-bond donors (Lipinski definition) is 1. The van der Waals surface area contributed by atoms with Crippen LogP contribution in [-0.2, 0) is 6.42 Å². The zero-order valence-electron chi connectivity index (χ0n) is 17.0. The molecular formula is C22H22N8O. The van der Waals surface area contributed by atoms with Crippen molar-refractivity contribution in [3.8, 4) is 0 Å². The molecule has 2 aliphatic rings. The second-order valence-electron chi connectivity index (χ2n) is 8.01. The maximum Gasteiger partial charge on any atom is 0.274 e. The van der Waals surface area contributed by atoms with Gasteiger partial charge in [0.1, 0.15) is 17.6 Å². The molecule has 0 bridgehead atoms. The Hall–Kier alpha value is -3.75. The highest BCUT2D eigenvalue weighted by molar-refractivity contribution is 5.92. The Labute approximate surface area is 178 Å². The fraction of sp³-hybridized carbons (Fsp3) is 0.318. The summed E-state index contributed by atoms with van der Waals surface area (Å²) >= 11 is 0. The van der Waals surface area contributed by atoms with Crippen LogP contribution < -0.4 is 4.90 Å². The summed E-state index contributed by atoms with van der Waals surface area (Å²) in [6.45, 7) is 2.35. The first-order valence-corrected chi connectivity index (χ1v) is 10.6. The molecule has 1 fully saturated rings. The number of likely N-dealkylation sites (tertiary alicyclic amines) is 1. The van der Waals surface area contributed by atoms with Gasteiger partial charge in [0.05, 0.1) is 35.6 Å². The van der Waals surface area contributed by atoms with Crippen molar-refractivity contribution < 1.29 is 4.79 Å². The monoisotopic (exact) mass is 414 g/mol. The molecule has 0 radical (unpaired) electrons. The smallest absolute Gasteiger partial charge is 0.274 e. The summed E-state index contributed by atoms with van der Waals surface area (Å²) in [6, 6.07) is 7.91. The van der Waals surface area contributed by atoms with Crippen LogP contribution in [0.3, 0.4) is 0 Å². The maximum atomic E-state index is 12.6. The third kappa shape index (κ3) is 3.04. The zero-order chi connectivity index (χ0) is 20.8. The number of hydrogen-bond acceptors (Lipinski definition) is 6. The van der Waals surface area contributed by atoms with Crippen LogP contribution in [0.25, 0.3) is 5.52 Å². The van der Waals surface area contributed by atoms with E-state index in [9.17, 15) is 4.79 Å². The Kier molecular flexibility index (Phi) is 4.19. The van der Waals surface area contributed by atoms with Gasteiger partial charge < -0.3 is 14.8 Å². The molecule has 0 aromatic carbocycles. The van der Waals surface area contributed by atoms with E-state index in [1.807, 2.05) is 33.8 Å². The van der Waals surface area contributed by atoms with E-state index >= 15 is 0 Å². The molecule has 0 aliphatic carbocycles. The fourth-order valence-electron chi connectivity index (χ4n) is 4.58. The summed E-state index contributed by atoms with van der Waals surface area (Å²) in [5.74, 6) is 0.676. The number of H-pyrrole nitrogens is 1. The van der Waals surface area contributed by atoms with Gasteiger partial charge in [-0.25, -0.2) is 19.5 Å². The van der Waals surface area contributed by atoms with Crippen LogP contribution in [0.2, 0.25) is 0 Å². The predicted octanol–water partition coefficient (Wildman–Crippen LogP) is 2.24. The van der Waals surface area contributed by atoms with Crippen LogP contribution in [-0.4, -0.2) is 60.0 Å². The molecule has 156 valence electrons. The van der Waals surface area contributed by atoms with Crippen molar-refractivity contribution in [1.82, 2.24) is 34.4 Å². The highest BCUT2D eigenvalue weighted by Gasteiger charge is 2.34. The van der Waals surface area contributed by atoms with Crippen LogP contribution >= 0.6 is 0 Å². The van der Waals surface area contributed by atoms with Gasteiger partial charge in [0.2, 0.25) is 0 Å². The molecule has 6 rings (SSSR count). The van der Waals surface area contributed by atoms with Crippen LogP contribution in [0.4, 0.5) is 5.82 Å². The van der Waals surface area contributed by atoms with Gasteiger partial charge in [-0.2, -0.15) is 5.10 Å². The van der Waals surface area contributed by atoms with Crippen molar-refractivity contribution in [3.63, 3.8) is 0 Å². The van der Waals surface area contributed by atoms with E-state index in [0.717, 1.165) is 61.5 Å². The Morgan fingerprint density at radius 3 is 2.77 bits per heavy atom. The normalized spacial score (nSPS) is 18.5. The number of carbonyl (C=O) groups is 1. The van der Waals surface area contributed by atoms with E-state index < -0.39 is 0 Å². The third-order valence-corrected chi connectivity index (χ3v) is 6.14. The summed E-state index contributed by atoms with van der Waals surface area (Å²) in [4.78, 5) is 33.6. The molecule has 9 heteroatoms. The standard InChI is InChI=1S/C22H22N8O/c31-22(28-7-3-4-8-28)18-12-24-19(13-23-18)29-10-6-16-20(26-14-25-16)21(29)17-11-15-5-1-2-9-30(15)27-17/h1-2,5,9,11-14,21H,3-4,6-8,10H2,(H,25,26)/t21-/m0/s1. The average molecular weight is 414 g/mol. The molecular weight excluding hydrogens is 392 g/mol. The van der Waals surface area contributed by atoms with Gasteiger partial charge in [-0.3, -0.25) is 4.79 Å². The van der Waals surface area contributed by atoms with Crippen LogP contribution in [0.5, 0.6) is 0 Å². The van der Waals surface area contributed by atoms with Crippen molar-refractivity contribution in [3.05, 3.63) is 72.0 Å². The summed E-state index contributed by atoms with van der Waals surface area (Å²) in [6.07, 6.45) is 9.90. The topological polar surface area (TPSA) is 95.3 Å². The maximum absolute atomic E-state index is 12.6. The van der Waals surface area contributed by atoms with E-state index in [1.54, 1.807) is 18.7 Å². The third-order valence-electron chi connectivity index (χ3n) is 6.14. The van der Waals surface area contributed by atoms with Crippen molar-refractivity contribution in [2.75, 3.05) is 24.5 Å². The zero-order valence-corrected chi connectivity index (χ0v) is 17.0. The van der Waals surface area contributed by atoms with Crippen molar-refractivity contribution in [1.29, 1.82) is 0 Å². The first-order chi connectivity index (χ1) is 15.3. The number of imidazole rings is 1. The van der Waals surface area contributed by atoms with Crippen molar-refractivity contribution in [2.45, 2.75) is 25.3 Å². The van der Waals surface area contributed by atoms with Gasteiger partial charge in [0, 0.05) is 37.9 Å². The molecule has 6 heterocycles. The second-order valence-corrected chi connectivity index (χ2v) is 8.01. The first-order valence-electron chi connectivity index (χ1n) is 10.6. The molecule has 1 N–H and O–H groups in total. The van der Waals surface area contributed by atoms with E-state index in [0.29, 0.717) is 11.5 Å². The van der Waals surface area contributed by atoms with Crippen LogP contribution in [0.15, 0.2) is 49.2 Å². The molecule has 1 amide bonds. The summed E-state index contributed by atoms with van der Waals surface area (Å²) < 4.78 is 1.87. The lowest BCUT2D eigenvalue weighted by atomic mass is 10.00. The summed E-state index contributed by atoms with van der Waals surface area (Å²) in [5.41, 5.74) is 4.39. The van der Waals surface area contributed by atoms with Gasteiger partial charge >= 0.3 is 0 Å². The predicted molar refractivity (Wildman–Crippen MR) is 114 cm³/mol. The molecule has 0 spiro atoms. The average Bonchev–Trinajstić information content (AvgIpc) is 3.58. The Morgan fingerprint density at radius 2 is 1.97 bits per heavy atom. The van der Waals surface area contributed by atoms with Crippen molar-refractivity contribution in [2.24, 2.45) is 0 Å². The summed E-state index contributed by atoms with van der Waals surface area (Å²) in [5, 5.41) is 4.80. The summed E-state index contributed by atoms with van der Waals surface area (Å²) in [7, 11) is 0. The second kappa shape index (κ2) is 7.19. The molecule has 4 aromatic rings. The number of aromatic amines is 1. The van der Waals surface area contributed by atoms with Gasteiger partial charge in [-0.15, -0.1) is 0 Å². The number of pyridine rings is 1. The van der Waals surface area contributed by atoms with Gasteiger partial charge in [0.25, 0.3) is 5.91 Å². The molecule has 31 heavy (non-hydrogen) atoms. The SMILES string of the molecule is O=C(c1cnc(N2CCc3[nH]cnc3[C@@H]2c2cc3ccccn3n2)cn1)N1CCCC1. The number of carbonyl (C=O) groups excluding carboxylic acids is 1.